The molecule has 0 heterocycles. The molecule has 0 aliphatic carbocycles. The van der Waals surface area contributed by atoms with Crippen molar-refractivity contribution in [2.24, 2.45) is 16.8 Å². The number of hydrogen-bond acceptors (Lipinski definition) is 4. The molecule has 0 bridgehead atoms. The number of nitrogens with zero attached hydrogens (tertiary/aromatic N) is 3. The summed E-state index contributed by atoms with van der Waals surface area (Å²) >= 11 is 0. The van der Waals surface area contributed by atoms with Crippen LogP contribution in [0, 0.1) is 5.92 Å². The maximum atomic E-state index is 12.4. The summed E-state index contributed by atoms with van der Waals surface area (Å²) in [4.78, 5) is 16.5. The Balaban J connectivity index is 4.47. The summed E-state index contributed by atoms with van der Waals surface area (Å²) in [6, 6.07) is 0. The molecular weight excluding hydrogens is 256 g/mol. The lowest BCUT2D eigenvalue weighted by molar-refractivity contribution is -0.133. The van der Waals surface area contributed by atoms with Crippen LogP contribution in [0.15, 0.2) is 5.16 Å². The van der Waals surface area contributed by atoms with Gasteiger partial charge in [-0.15, -0.1) is 0 Å². The first-order valence-electron chi connectivity index (χ1n) is 7.54. The summed E-state index contributed by atoms with van der Waals surface area (Å²) in [5.74, 6) is -0.571. The number of rotatable bonds is 10. The average molecular weight is 286 g/mol. The lowest BCUT2D eigenvalue weighted by Crippen LogP contribution is -2.42. The van der Waals surface area contributed by atoms with Gasteiger partial charge in [0.1, 0.15) is 0 Å². The van der Waals surface area contributed by atoms with Crippen LogP contribution in [0.3, 0.4) is 0 Å². The minimum absolute atomic E-state index is 0.000284. The summed E-state index contributed by atoms with van der Waals surface area (Å²) in [5.41, 5.74) is 5.59. The molecule has 0 aromatic rings. The minimum Gasteiger partial charge on any atom is -0.409 e. The second-order valence-electron chi connectivity index (χ2n) is 4.78. The van der Waals surface area contributed by atoms with Gasteiger partial charge in [-0.2, -0.15) is 0 Å². The number of amides is 1. The van der Waals surface area contributed by atoms with Gasteiger partial charge in [0.2, 0.25) is 5.91 Å². The molecular formula is C14H30N4O2. The predicted molar refractivity (Wildman–Crippen MR) is 81.8 cm³/mol. The number of hydrogen-bond donors (Lipinski definition) is 2. The molecule has 6 nitrogen and oxygen atoms in total. The fourth-order valence-electron chi connectivity index (χ4n) is 2.25. The number of oxime groups is 1. The number of carbonyl (C=O) groups is 1. The zero-order chi connectivity index (χ0) is 15.5. The van der Waals surface area contributed by atoms with Crippen molar-refractivity contribution < 1.29 is 10.0 Å². The summed E-state index contributed by atoms with van der Waals surface area (Å²) < 4.78 is 0. The van der Waals surface area contributed by atoms with Gasteiger partial charge in [0.15, 0.2) is 5.84 Å². The molecule has 1 amide bonds. The van der Waals surface area contributed by atoms with Gasteiger partial charge in [-0.05, 0) is 39.4 Å². The van der Waals surface area contributed by atoms with Crippen molar-refractivity contribution in [1.82, 2.24) is 9.80 Å². The molecule has 3 N–H and O–H groups in total. The third-order valence-corrected chi connectivity index (χ3v) is 3.67. The fourth-order valence-corrected chi connectivity index (χ4v) is 2.25. The van der Waals surface area contributed by atoms with E-state index in [9.17, 15) is 4.79 Å². The van der Waals surface area contributed by atoms with E-state index in [1.807, 2.05) is 13.8 Å². The molecule has 0 aliphatic rings. The summed E-state index contributed by atoms with van der Waals surface area (Å²) in [6.07, 6.45) is 1.48. The molecule has 0 aromatic heterocycles. The highest BCUT2D eigenvalue weighted by Crippen LogP contribution is 2.09. The van der Waals surface area contributed by atoms with E-state index in [1.165, 1.54) is 0 Å². The molecule has 6 heteroatoms. The second-order valence-corrected chi connectivity index (χ2v) is 4.78. The summed E-state index contributed by atoms with van der Waals surface area (Å²) in [5, 5.41) is 11.7. The first-order chi connectivity index (χ1) is 9.55. The molecule has 1 atom stereocenters. The van der Waals surface area contributed by atoms with Crippen molar-refractivity contribution in [3.05, 3.63) is 0 Å². The van der Waals surface area contributed by atoms with E-state index in [4.69, 9.17) is 10.9 Å². The quantitative estimate of drug-likeness (QED) is 0.275. The molecule has 0 rings (SSSR count). The minimum atomic E-state index is -0.520. The van der Waals surface area contributed by atoms with Crippen LogP contribution in [0.5, 0.6) is 0 Å². The Labute approximate surface area is 122 Å². The summed E-state index contributed by atoms with van der Waals surface area (Å²) in [6.45, 7) is 12.5. The van der Waals surface area contributed by atoms with E-state index in [0.717, 1.165) is 26.1 Å². The van der Waals surface area contributed by atoms with Gasteiger partial charge in [-0.1, -0.05) is 25.9 Å². The highest BCUT2D eigenvalue weighted by atomic mass is 16.4. The van der Waals surface area contributed by atoms with Crippen LogP contribution in [-0.2, 0) is 4.79 Å². The number of carbonyl (C=O) groups excluding carboxylic acids is 1. The standard InChI is InChI=1S/C14H30N4O2/c1-5-12(13(15)16-20)14(19)18(8-4)11-9-10-17(6-2)7-3/h12,20H,5-11H2,1-4H3,(H2,15,16). The van der Waals surface area contributed by atoms with Crippen molar-refractivity contribution in [2.75, 3.05) is 32.7 Å². The van der Waals surface area contributed by atoms with Crippen LogP contribution in [0.2, 0.25) is 0 Å². The van der Waals surface area contributed by atoms with Crippen molar-refractivity contribution in [1.29, 1.82) is 0 Å². The fraction of sp³-hybridized carbons (Fsp3) is 0.857. The highest BCUT2D eigenvalue weighted by Gasteiger charge is 2.25. The van der Waals surface area contributed by atoms with Gasteiger partial charge in [0.25, 0.3) is 0 Å². The second kappa shape index (κ2) is 10.5. The van der Waals surface area contributed by atoms with Crippen molar-refractivity contribution >= 4 is 11.7 Å². The number of amidine groups is 1. The van der Waals surface area contributed by atoms with Crippen LogP contribution < -0.4 is 5.73 Å². The van der Waals surface area contributed by atoms with E-state index in [0.29, 0.717) is 19.5 Å². The molecule has 118 valence electrons. The molecule has 0 saturated carbocycles. The van der Waals surface area contributed by atoms with Gasteiger partial charge in [0.05, 0.1) is 5.92 Å². The highest BCUT2D eigenvalue weighted by molar-refractivity contribution is 6.01. The molecule has 0 aromatic carbocycles. The van der Waals surface area contributed by atoms with Crippen molar-refractivity contribution in [2.45, 2.75) is 40.5 Å². The topological polar surface area (TPSA) is 82.2 Å². The van der Waals surface area contributed by atoms with E-state index < -0.39 is 5.92 Å². The van der Waals surface area contributed by atoms with E-state index in [2.05, 4.69) is 23.9 Å². The molecule has 0 aliphatic heterocycles. The maximum absolute atomic E-state index is 12.4. The largest absolute Gasteiger partial charge is 0.409 e. The summed E-state index contributed by atoms with van der Waals surface area (Å²) in [7, 11) is 0. The molecule has 0 spiro atoms. The predicted octanol–water partition coefficient (Wildman–Crippen LogP) is 1.34. The van der Waals surface area contributed by atoms with Crippen molar-refractivity contribution in [3.8, 4) is 0 Å². The molecule has 0 fully saturated rings. The van der Waals surface area contributed by atoms with Gasteiger partial charge in [-0.3, -0.25) is 4.79 Å². The Morgan fingerprint density at radius 3 is 2.15 bits per heavy atom. The Kier molecular flexibility index (Phi) is 9.80. The monoisotopic (exact) mass is 286 g/mol. The molecule has 0 saturated heterocycles. The van der Waals surface area contributed by atoms with Gasteiger partial charge in [0, 0.05) is 13.1 Å². The molecule has 1 unspecified atom stereocenters. The van der Waals surface area contributed by atoms with E-state index in [-0.39, 0.29) is 11.7 Å². The average Bonchev–Trinajstić information content (AvgIpc) is 2.47. The van der Waals surface area contributed by atoms with Crippen LogP contribution in [0.4, 0.5) is 0 Å². The third-order valence-electron chi connectivity index (χ3n) is 3.67. The van der Waals surface area contributed by atoms with Gasteiger partial charge in [-0.25, -0.2) is 0 Å². The third kappa shape index (κ3) is 5.77. The lowest BCUT2D eigenvalue weighted by atomic mass is 10.0. The SMILES string of the molecule is CCC(C(=O)N(CC)CCCN(CC)CC)C(N)=NO. The Morgan fingerprint density at radius 2 is 1.75 bits per heavy atom. The smallest absolute Gasteiger partial charge is 0.233 e. The lowest BCUT2D eigenvalue weighted by Gasteiger charge is -2.26. The Morgan fingerprint density at radius 1 is 1.15 bits per heavy atom. The molecule has 20 heavy (non-hydrogen) atoms. The normalized spacial score (nSPS) is 13.6. The zero-order valence-corrected chi connectivity index (χ0v) is 13.3. The first-order valence-corrected chi connectivity index (χ1v) is 7.54. The maximum Gasteiger partial charge on any atom is 0.233 e. The van der Waals surface area contributed by atoms with E-state index >= 15 is 0 Å². The van der Waals surface area contributed by atoms with Crippen LogP contribution in [-0.4, -0.2) is 59.5 Å². The van der Waals surface area contributed by atoms with Crippen molar-refractivity contribution in [3.63, 3.8) is 0 Å². The van der Waals surface area contributed by atoms with E-state index in [1.54, 1.807) is 4.90 Å². The first kappa shape index (κ1) is 18.7. The van der Waals surface area contributed by atoms with Gasteiger partial charge < -0.3 is 20.7 Å². The van der Waals surface area contributed by atoms with Gasteiger partial charge >= 0.3 is 0 Å². The molecule has 0 radical (unpaired) electrons. The van der Waals surface area contributed by atoms with Crippen LogP contribution in [0.25, 0.3) is 0 Å². The van der Waals surface area contributed by atoms with Crippen LogP contribution in [0.1, 0.15) is 40.5 Å². The zero-order valence-electron chi connectivity index (χ0n) is 13.3. The Hall–Kier alpha value is -1.30. The number of nitrogens with two attached hydrogens (primary N) is 1. The van der Waals surface area contributed by atoms with Crippen LogP contribution >= 0.6 is 0 Å². The Bertz CT molecular complexity index is 304.